The van der Waals surface area contributed by atoms with Crippen LogP contribution in [0.15, 0.2) is 53.5 Å². The number of rotatable bonds is 4. The fourth-order valence-corrected chi connectivity index (χ4v) is 2.58. The summed E-state index contributed by atoms with van der Waals surface area (Å²) >= 11 is 0. The van der Waals surface area contributed by atoms with Gasteiger partial charge in [-0.3, -0.25) is 19.9 Å². The molecule has 1 aliphatic rings. The molecule has 132 valence electrons. The van der Waals surface area contributed by atoms with E-state index in [2.05, 4.69) is 10.3 Å². The second-order valence-electron chi connectivity index (χ2n) is 5.76. The summed E-state index contributed by atoms with van der Waals surface area (Å²) in [5, 5.41) is 2.20. The number of imide groups is 2. The van der Waals surface area contributed by atoms with Gasteiger partial charge >= 0.3 is 6.03 Å². The van der Waals surface area contributed by atoms with Gasteiger partial charge in [0.2, 0.25) is 5.91 Å². The number of amides is 4. The molecule has 2 aromatic rings. The van der Waals surface area contributed by atoms with Crippen LogP contribution in [0, 0.1) is 12.8 Å². The quantitative estimate of drug-likeness (QED) is 0.677. The number of nitrogens with one attached hydrogen (secondary N) is 1. The van der Waals surface area contributed by atoms with Crippen molar-refractivity contribution in [3.05, 3.63) is 54.1 Å². The molecule has 1 aliphatic heterocycles. The van der Waals surface area contributed by atoms with Gasteiger partial charge in [0, 0.05) is 12.3 Å². The highest BCUT2D eigenvalue weighted by molar-refractivity contribution is 6.32. The molecule has 1 heterocycles. The van der Waals surface area contributed by atoms with E-state index in [1.807, 2.05) is 13.0 Å². The fourth-order valence-electron chi connectivity index (χ4n) is 2.58. The average molecular weight is 351 g/mol. The topological polar surface area (TPSA) is 88.1 Å². The number of aliphatic imine (C=N–C) groups is 1. The van der Waals surface area contributed by atoms with E-state index in [9.17, 15) is 14.4 Å². The minimum absolute atomic E-state index is 0.403. The summed E-state index contributed by atoms with van der Waals surface area (Å²) in [5.74, 6) is -1.93. The van der Waals surface area contributed by atoms with Crippen molar-refractivity contribution in [3.8, 4) is 5.75 Å². The summed E-state index contributed by atoms with van der Waals surface area (Å²) in [6, 6.07) is 13.0. The number of aryl methyl sites for hydroxylation is 1. The number of urea groups is 1. The summed E-state index contributed by atoms with van der Waals surface area (Å²) in [6.45, 7) is 1.85. The van der Waals surface area contributed by atoms with Gasteiger partial charge in [0.1, 0.15) is 5.75 Å². The SMILES string of the molecule is COc1cccc(N=C[C@H]2C(=O)NC(=O)N(c3cccc(C)c3)C2=O)c1. The average Bonchev–Trinajstić information content (AvgIpc) is 2.61. The molecule has 7 nitrogen and oxygen atoms in total. The molecule has 7 heteroatoms. The van der Waals surface area contributed by atoms with Crippen molar-refractivity contribution < 1.29 is 19.1 Å². The van der Waals surface area contributed by atoms with Crippen LogP contribution >= 0.6 is 0 Å². The number of barbiturate groups is 1. The Labute approximate surface area is 150 Å². The summed E-state index contributed by atoms with van der Waals surface area (Å²) in [7, 11) is 1.53. The highest BCUT2D eigenvalue weighted by Gasteiger charge is 2.40. The number of anilines is 1. The van der Waals surface area contributed by atoms with Gasteiger partial charge in [0.15, 0.2) is 5.92 Å². The number of methoxy groups -OCH3 is 1. The van der Waals surface area contributed by atoms with E-state index in [0.29, 0.717) is 17.1 Å². The predicted octanol–water partition coefficient (Wildman–Crippen LogP) is 2.61. The molecule has 0 aliphatic carbocycles. The van der Waals surface area contributed by atoms with Gasteiger partial charge in [-0.1, -0.05) is 18.2 Å². The lowest BCUT2D eigenvalue weighted by Crippen LogP contribution is -2.58. The van der Waals surface area contributed by atoms with E-state index in [1.165, 1.54) is 13.3 Å². The second kappa shape index (κ2) is 7.18. The van der Waals surface area contributed by atoms with E-state index >= 15 is 0 Å². The Bertz CT molecular complexity index is 907. The lowest BCUT2D eigenvalue weighted by atomic mass is 10.1. The molecule has 4 amide bonds. The number of nitrogens with zero attached hydrogens (tertiary/aromatic N) is 2. The van der Waals surface area contributed by atoms with Crippen LogP contribution in [0.3, 0.4) is 0 Å². The molecule has 0 spiro atoms. The van der Waals surface area contributed by atoms with Crippen LogP contribution in [-0.4, -0.2) is 31.2 Å². The first-order valence-electron chi connectivity index (χ1n) is 7.93. The molecular weight excluding hydrogens is 334 g/mol. The lowest BCUT2D eigenvalue weighted by molar-refractivity contribution is -0.131. The Balaban J connectivity index is 1.89. The number of hydrogen-bond donors (Lipinski definition) is 1. The van der Waals surface area contributed by atoms with Crippen LogP contribution in [0.1, 0.15) is 5.56 Å². The summed E-state index contributed by atoms with van der Waals surface area (Å²) in [5.41, 5.74) is 1.82. The maximum absolute atomic E-state index is 12.7. The molecule has 0 unspecified atom stereocenters. The van der Waals surface area contributed by atoms with Crippen molar-refractivity contribution >= 4 is 35.4 Å². The smallest absolute Gasteiger partial charge is 0.335 e. The van der Waals surface area contributed by atoms with Crippen LogP contribution in [0.4, 0.5) is 16.2 Å². The van der Waals surface area contributed by atoms with Gasteiger partial charge in [0.25, 0.3) is 5.91 Å². The van der Waals surface area contributed by atoms with Crippen molar-refractivity contribution in [3.63, 3.8) is 0 Å². The first-order valence-corrected chi connectivity index (χ1v) is 7.93. The van der Waals surface area contributed by atoms with E-state index in [0.717, 1.165) is 10.5 Å². The van der Waals surface area contributed by atoms with Crippen LogP contribution < -0.4 is 15.0 Å². The fraction of sp³-hybridized carbons (Fsp3) is 0.158. The molecule has 1 saturated heterocycles. The van der Waals surface area contributed by atoms with Crippen LogP contribution in [0.5, 0.6) is 5.75 Å². The molecular formula is C19H17N3O4. The number of hydrogen-bond acceptors (Lipinski definition) is 5. The molecule has 0 saturated carbocycles. The normalized spacial score (nSPS) is 17.5. The molecule has 0 aromatic heterocycles. The molecule has 1 N–H and O–H groups in total. The maximum Gasteiger partial charge on any atom is 0.335 e. The van der Waals surface area contributed by atoms with Gasteiger partial charge < -0.3 is 4.74 Å². The van der Waals surface area contributed by atoms with Crippen LogP contribution in [0.25, 0.3) is 0 Å². The van der Waals surface area contributed by atoms with Crippen molar-refractivity contribution in [1.82, 2.24) is 5.32 Å². The van der Waals surface area contributed by atoms with Gasteiger partial charge in [-0.25, -0.2) is 9.69 Å². The largest absolute Gasteiger partial charge is 0.497 e. The van der Waals surface area contributed by atoms with Gasteiger partial charge in [-0.05, 0) is 36.8 Å². The molecule has 1 fully saturated rings. The third-order valence-electron chi connectivity index (χ3n) is 3.89. The monoisotopic (exact) mass is 351 g/mol. The van der Waals surface area contributed by atoms with Gasteiger partial charge in [0.05, 0.1) is 18.5 Å². The lowest BCUT2D eigenvalue weighted by Gasteiger charge is -2.28. The van der Waals surface area contributed by atoms with Crippen molar-refractivity contribution in [1.29, 1.82) is 0 Å². The minimum Gasteiger partial charge on any atom is -0.497 e. The Morgan fingerprint density at radius 3 is 2.62 bits per heavy atom. The molecule has 0 bridgehead atoms. The van der Waals surface area contributed by atoms with Crippen molar-refractivity contribution in [2.24, 2.45) is 10.9 Å². The van der Waals surface area contributed by atoms with Crippen LogP contribution in [0.2, 0.25) is 0 Å². The zero-order chi connectivity index (χ0) is 18.7. The molecule has 3 rings (SSSR count). The Hall–Kier alpha value is -3.48. The number of carbonyl (C=O) groups is 3. The first kappa shape index (κ1) is 17.3. The number of carbonyl (C=O) groups excluding carboxylic acids is 3. The van der Waals surface area contributed by atoms with E-state index in [-0.39, 0.29) is 0 Å². The summed E-state index contributed by atoms with van der Waals surface area (Å²) < 4.78 is 5.12. The first-order chi connectivity index (χ1) is 12.5. The zero-order valence-corrected chi connectivity index (χ0v) is 14.3. The van der Waals surface area contributed by atoms with E-state index in [4.69, 9.17) is 4.74 Å². The van der Waals surface area contributed by atoms with E-state index in [1.54, 1.807) is 42.5 Å². The third kappa shape index (κ3) is 3.46. The standard InChI is InChI=1S/C19H17N3O4/c1-12-5-3-7-14(9-12)22-18(24)16(17(23)21-19(22)25)11-20-13-6-4-8-15(10-13)26-2/h3-11,16H,1-2H3,(H,21,23,25)/t16-/m0/s1. The Morgan fingerprint density at radius 2 is 1.88 bits per heavy atom. The number of benzene rings is 2. The number of ether oxygens (including phenoxy) is 1. The molecule has 26 heavy (non-hydrogen) atoms. The van der Waals surface area contributed by atoms with Gasteiger partial charge in [-0.2, -0.15) is 0 Å². The van der Waals surface area contributed by atoms with Crippen molar-refractivity contribution in [2.75, 3.05) is 12.0 Å². The maximum atomic E-state index is 12.7. The third-order valence-corrected chi connectivity index (χ3v) is 3.89. The van der Waals surface area contributed by atoms with E-state index < -0.39 is 23.8 Å². The Kier molecular flexibility index (Phi) is 4.79. The second-order valence-corrected chi connectivity index (χ2v) is 5.76. The predicted molar refractivity (Wildman–Crippen MR) is 96.8 cm³/mol. The summed E-state index contributed by atoms with van der Waals surface area (Å²) in [4.78, 5) is 42.1. The van der Waals surface area contributed by atoms with Crippen molar-refractivity contribution in [2.45, 2.75) is 6.92 Å². The zero-order valence-electron chi connectivity index (χ0n) is 14.3. The molecule has 1 atom stereocenters. The van der Waals surface area contributed by atoms with Gasteiger partial charge in [-0.15, -0.1) is 0 Å². The highest BCUT2D eigenvalue weighted by atomic mass is 16.5. The summed E-state index contributed by atoms with van der Waals surface area (Å²) in [6.07, 6.45) is 1.24. The molecule has 0 radical (unpaired) electrons. The molecule has 2 aromatic carbocycles. The minimum atomic E-state index is -1.19. The highest BCUT2D eigenvalue weighted by Crippen LogP contribution is 2.23. The van der Waals surface area contributed by atoms with Crippen LogP contribution in [-0.2, 0) is 9.59 Å². The Morgan fingerprint density at radius 1 is 1.12 bits per heavy atom.